The molecule has 0 heteroatoms. The van der Waals surface area contributed by atoms with Crippen molar-refractivity contribution in [2.45, 2.75) is 122 Å². The number of fused-ring (bicyclic) bond motifs is 2. The summed E-state index contributed by atoms with van der Waals surface area (Å²) in [6, 6.07) is 0. The van der Waals surface area contributed by atoms with Crippen molar-refractivity contribution in [2.75, 3.05) is 0 Å². The van der Waals surface area contributed by atoms with Gasteiger partial charge in [0.2, 0.25) is 0 Å². The van der Waals surface area contributed by atoms with Crippen LogP contribution in [0.1, 0.15) is 122 Å². The molecule has 2 rings (SSSR count). The first-order valence-corrected chi connectivity index (χ1v) is 12.2. The number of rotatable bonds is 17. The molecule has 2 aliphatic rings. The molecule has 3 atom stereocenters. The summed E-state index contributed by atoms with van der Waals surface area (Å²) in [7, 11) is 0. The molecule has 0 nitrogen and oxygen atoms in total. The van der Waals surface area contributed by atoms with Gasteiger partial charge >= 0.3 is 0 Å². The highest BCUT2D eigenvalue weighted by Crippen LogP contribution is 2.44. The summed E-state index contributed by atoms with van der Waals surface area (Å²) in [5.41, 5.74) is 0. The molecule has 150 valence electrons. The number of hydrogen-bond acceptors (Lipinski definition) is 0. The molecule has 3 unspecified atom stereocenters. The van der Waals surface area contributed by atoms with Crippen LogP contribution in [0.2, 0.25) is 0 Å². The summed E-state index contributed by atoms with van der Waals surface area (Å²) in [5.74, 6) is 2.68. The molecule has 0 heterocycles. The molecule has 0 aromatic rings. The van der Waals surface area contributed by atoms with Crippen LogP contribution in [0.5, 0.6) is 0 Å². The Labute approximate surface area is 164 Å². The standard InChI is InChI=1S/C26H46/c1-2-3-4-5-6-7-8-9-10-11-12-13-14-15-16-17-18-19-25-22-24-20-21-26(25)23-24/h18-21,24-26H,2-17,22-23H2,1H3. The lowest BCUT2D eigenvalue weighted by Crippen LogP contribution is -2.02. The normalized spacial score (nSPS) is 24.3. The van der Waals surface area contributed by atoms with Gasteiger partial charge in [-0.05, 0) is 43.4 Å². The zero-order chi connectivity index (χ0) is 18.3. The highest BCUT2D eigenvalue weighted by molar-refractivity contribution is 5.14. The van der Waals surface area contributed by atoms with E-state index >= 15 is 0 Å². The fraction of sp³-hybridized carbons (Fsp3) is 0.846. The Balaban J connectivity index is 1.25. The van der Waals surface area contributed by atoms with Crippen LogP contribution in [-0.2, 0) is 0 Å². The van der Waals surface area contributed by atoms with Gasteiger partial charge in [0.25, 0.3) is 0 Å². The zero-order valence-corrected chi connectivity index (χ0v) is 17.8. The molecule has 0 aromatic carbocycles. The van der Waals surface area contributed by atoms with Gasteiger partial charge in [-0.15, -0.1) is 0 Å². The maximum Gasteiger partial charge on any atom is -0.0165 e. The van der Waals surface area contributed by atoms with E-state index in [4.69, 9.17) is 0 Å². The molecule has 2 aliphatic carbocycles. The zero-order valence-electron chi connectivity index (χ0n) is 17.8. The summed E-state index contributed by atoms with van der Waals surface area (Å²) >= 11 is 0. The van der Waals surface area contributed by atoms with E-state index in [9.17, 15) is 0 Å². The van der Waals surface area contributed by atoms with Crippen molar-refractivity contribution in [2.24, 2.45) is 17.8 Å². The summed E-state index contributed by atoms with van der Waals surface area (Å²) in [4.78, 5) is 0. The largest absolute Gasteiger partial charge is 0.0882 e. The van der Waals surface area contributed by atoms with Crippen LogP contribution in [-0.4, -0.2) is 0 Å². The Bertz CT molecular complexity index is 377. The van der Waals surface area contributed by atoms with E-state index in [1.54, 1.807) is 0 Å². The molecular formula is C26H46. The van der Waals surface area contributed by atoms with E-state index in [1.807, 2.05) is 0 Å². The predicted octanol–water partition coefficient (Wildman–Crippen LogP) is 9.02. The molecule has 0 aromatic heterocycles. The molecule has 0 N–H and O–H groups in total. The SMILES string of the molecule is CCCCCCCCCCCCCCCCCC=CC1CC2C=CC1C2. The van der Waals surface area contributed by atoms with E-state index in [0.717, 1.165) is 17.8 Å². The van der Waals surface area contributed by atoms with Gasteiger partial charge in [0, 0.05) is 0 Å². The van der Waals surface area contributed by atoms with Crippen LogP contribution in [0.3, 0.4) is 0 Å². The Morgan fingerprint density at radius 3 is 1.65 bits per heavy atom. The average Bonchev–Trinajstić information content (AvgIpc) is 3.27. The fourth-order valence-electron chi connectivity index (χ4n) is 4.95. The molecule has 0 spiro atoms. The van der Waals surface area contributed by atoms with E-state index in [0.29, 0.717) is 0 Å². The van der Waals surface area contributed by atoms with Crippen molar-refractivity contribution < 1.29 is 0 Å². The summed E-state index contributed by atoms with van der Waals surface area (Å²) in [6.07, 6.45) is 36.0. The number of unbranched alkanes of at least 4 members (excludes halogenated alkanes) is 15. The summed E-state index contributed by atoms with van der Waals surface area (Å²) in [5, 5.41) is 0. The van der Waals surface area contributed by atoms with Gasteiger partial charge in [0.05, 0.1) is 0 Å². The van der Waals surface area contributed by atoms with Gasteiger partial charge < -0.3 is 0 Å². The molecule has 1 fully saturated rings. The van der Waals surface area contributed by atoms with Crippen molar-refractivity contribution in [1.29, 1.82) is 0 Å². The second-order valence-electron chi connectivity index (χ2n) is 9.11. The van der Waals surface area contributed by atoms with Gasteiger partial charge in [0.15, 0.2) is 0 Å². The molecule has 2 bridgehead atoms. The first-order valence-electron chi connectivity index (χ1n) is 12.2. The lowest BCUT2D eigenvalue weighted by atomic mass is 9.93. The maximum absolute atomic E-state index is 2.54. The van der Waals surface area contributed by atoms with E-state index in [1.165, 1.54) is 116 Å². The van der Waals surface area contributed by atoms with E-state index in [2.05, 4.69) is 31.2 Å². The highest BCUT2D eigenvalue weighted by Gasteiger charge is 2.33. The molecule has 1 saturated carbocycles. The number of hydrogen-bond donors (Lipinski definition) is 0. The van der Waals surface area contributed by atoms with Crippen molar-refractivity contribution in [1.82, 2.24) is 0 Å². The fourth-order valence-corrected chi connectivity index (χ4v) is 4.95. The topological polar surface area (TPSA) is 0 Å². The minimum Gasteiger partial charge on any atom is -0.0882 e. The quantitative estimate of drug-likeness (QED) is 0.180. The van der Waals surface area contributed by atoms with Crippen LogP contribution in [0.15, 0.2) is 24.3 Å². The highest BCUT2D eigenvalue weighted by atomic mass is 14.4. The summed E-state index contributed by atoms with van der Waals surface area (Å²) < 4.78 is 0. The second kappa shape index (κ2) is 14.5. The van der Waals surface area contributed by atoms with Crippen LogP contribution in [0.25, 0.3) is 0 Å². The maximum atomic E-state index is 2.54. The summed E-state index contributed by atoms with van der Waals surface area (Å²) in [6.45, 7) is 2.30. The van der Waals surface area contributed by atoms with Crippen molar-refractivity contribution in [3.05, 3.63) is 24.3 Å². The van der Waals surface area contributed by atoms with Gasteiger partial charge in [-0.2, -0.15) is 0 Å². The number of allylic oxidation sites excluding steroid dienone is 4. The van der Waals surface area contributed by atoms with Crippen LogP contribution in [0, 0.1) is 17.8 Å². The minimum atomic E-state index is 0.876. The van der Waals surface area contributed by atoms with Gasteiger partial charge in [0.1, 0.15) is 0 Å². The van der Waals surface area contributed by atoms with Crippen molar-refractivity contribution in [3.8, 4) is 0 Å². The first kappa shape index (κ1) is 21.8. The van der Waals surface area contributed by atoms with Crippen LogP contribution >= 0.6 is 0 Å². The van der Waals surface area contributed by atoms with Gasteiger partial charge in [-0.3, -0.25) is 0 Å². The third-order valence-corrected chi connectivity index (χ3v) is 6.69. The molecule has 0 aliphatic heterocycles. The molecule has 0 saturated heterocycles. The van der Waals surface area contributed by atoms with Crippen molar-refractivity contribution in [3.63, 3.8) is 0 Å². The van der Waals surface area contributed by atoms with Crippen LogP contribution < -0.4 is 0 Å². The van der Waals surface area contributed by atoms with Crippen LogP contribution in [0.4, 0.5) is 0 Å². The second-order valence-corrected chi connectivity index (χ2v) is 9.11. The smallest absolute Gasteiger partial charge is 0.0165 e. The minimum absolute atomic E-state index is 0.876. The molecule has 0 amide bonds. The molecule has 26 heavy (non-hydrogen) atoms. The van der Waals surface area contributed by atoms with E-state index in [-0.39, 0.29) is 0 Å². The predicted molar refractivity (Wildman–Crippen MR) is 118 cm³/mol. The third kappa shape index (κ3) is 9.43. The van der Waals surface area contributed by atoms with Gasteiger partial charge in [-0.1, -0.05) is 121 Å². The van der Waals surface area contributed by atoms with Gasteiger partial charge in [-0.25, -0.2) is 0 Å². The monoisotopic (exact) mass is 358 g/mol. The Kier molecular flexibility index (Phi) is 12.2. The third-order valence-electron chi connectivity index (χ3n) is 6.69. The van der Waals surface area contributed by atoms with E-state index < -0.39 is 0 Å². The lowest BCUT2D eigenvalue weighted by Gasteiger charge is -2.12. The molecular weight excluding hydrogens is 312 g/mol. The Hall–Kier alpha value is -0.520. The lowest BCUT2D eigenvalue weighted by molar-refractivity contribution is 0.531. The Morgan fingerprint density at radius 1 is 0.654 bits per heavy atom. The Morgan fingerprint density at radius 2 is 1.19 bits per heavy atom. The van der Waals surface area contributed by atoms with Crippen molar-refractivity contribution >= 4 is 0 Å². The first-order chi connectivity index (χ1) is 12.9. The average molecular weight is 359 g/mol. The molecule has 0 radical (unpaired) electrons.